The van der Waals surface area contributed by atoms with Crippen LogP contribution in [0, 0.1) is 24.6 Å². The van der Waals surface area contributed by atoms with Crippen molar-refractivity contribution in [1.82, 2.24) is 14.8 Å². The fourth-order valence-electron chi connectivity index (χ4n) is 5.59. The first-order valence-corrected chi connectivity index (χ1v) is 11.9. The number of hydrogen-bond acceptors (Lipinski definition) is 5. The first-order chi connectivity index (χ1) is 16.9. The number of hydrogen-bond donors (Lipinski definition) is 0. The highest BCUT2D eigenvalue weighted by atomic mass is 19.1. The van der Waals surface area contributed by atoms with E-state index in [1.165, 1.54) is 17.2 Å². The molecule has 6 rings (SSSR count). The first-order valence-electron chi connectivity index (χ1n) is 11.9. The summed E-state index contributed by atoms with van der Waals surface area (Å²) in [4.78, 5) is 16.7. The third-order valence-corrected chi connectivity index (χ3v) is 7.23. The summed E-state index contributed by atoms with van der Waals surface area (Å²) in [6, 6.07) is 13.1. The molecule has 178 valence electrons. The molecule has 2 aromatic carbocycles. The second-order valence-electron chi connectivity index (χ2n) is 9.44. The van der Waals surface area contributed by atoms with E-state index < -0.39 is 0 Å². The number of pyridine rings is 1. The van der Waals surface area contributed by atoms with E-state index in [4.69, 9.17) is 9.47 Å². The van der Waals surface area contributed by atoms with Gasteiger partial charge in [-0.3, -0.25) is 9.48 Å². The summed E-state index contributed by atoms with van der Waals surface area (Å²) in [5.74, 6) is 0.906. The van der Waals surface area contributed by atoms with Gasteiger partial charge in [0.15, 0.2) is 0 Å². The Morgan fingerprint density at radius 3 is 2.89 bits per heavy atom. The Balaban J connectivity index is 1.22. The summed E-state index contributed by atoms with van der Waals surface area (Å²) in [6.45, 7) is 4.31. The second kappa shape index (κ2) is 8.18. The van der Waals surface area contributed by atoms with Crippen LogP contribution < -0.4 is 4.74 Å². The molecule has 0 unspecified atom stereocenters. The number of aryl methyl sites for hydroxylation is 2. The Morgan fingerprint density at radius 2 is 2.06 bits per heavy atom. The van der Waals surface area contributed by atoms with Crippen LogP contribution in [0.3, 0.4) is 0 Å². The van der Waals surface area contributed by atoms with Gasteiger partial charge in [-0.2, -0.15) is 5.10 Å². The monoisotopic (exact) mass is 471 g/mol. The zero-order valence-electron chi connectivity index (χ0n) is 19.9. The van der Waals surface area contributed by atoms with Gasteiger partial charge in [-0.15, -0.1) is 0 Å². The molecule has 35 heavy (non-hydrogen) atoms. The number of nitrogens with zero attached hydrogens (tertiary/aromatic N) is 3. The van der Waals surface area contributed by atoms with Gasteiger partial charge in [-0.05, 0) is 73.2 Å². The van der Waals surface area contributed by atoms with Crippen LogP contribution in [0.4, 0.5) is 4.39 Å². The third kappa shape index (κ3) is 3.66. The molecule has 0 spiro atoms. The molecule has 2 heterocycles. The number of esters is 1. The molecule has 6 nitrogen and oxygen atoms in total. The largest absolute Gasteiger partial charge is 0.489 e. The Labute approximate surface area is 202 Å². The minimum absolute atomic E-state index is 0.00577. The highest BCUT2D eigenvalue weighted by Gasteiger charge is 2.60. The fourth-order valence-corrected chi connectivity index (χ4v) is 5.59. The molecule has 1 saturated carbocycles. The Kier molecular flexibility index (Phi) is 5.09. The normalized spacial score (nSPS) is 19.9. The molecule has 0 aliphatic heterocycles. The van der Waals surface area contributed by atoms with Crippen LogP contribution in [0.1, 0.15) is 35.2 Å². The zero-order valence-corrected chi connectivity index (χ0v) is 19.9. The first kappa shape index (κ1) is 21.8. The summed E-state index contributed by atoms with van der Waals surface area (Å²) in [6.07, 6.45) is 2.60. The molecule has 2 aliphatic rings. The Morgan fingerprint density at radius 1 is 1.20 bits per heavy atom. The van der Waals surface area contributed by atoms with E-state index in [2.05, 4.69) is 10.1 Å². The van der Waals surface area contributed by atoms with Crippen LogP contribution in [0.15, 0.2) is 48.7 Å². The van der Waals surface area contributed by atoms with Crippen LogP contribution in [0.2, 0.25) is 0 Å². The molecule has 7 heteroatoms. The van der Waals surface area contributed by atoms with Crippen LogP contribution in [-0.4, -0.2) is 27.3 Å². The number of rotatable bonds is 6. The van der Waals surface area contributed by atoms with Crippen molar-refractivity contribution in [3.63, 3.8) is 0 Å². The van der Waals surface area contributed by atoms with Gasteiger partial charge in [0, 0.05) is 29.8 Å². The van der Waals surface area contributed by atoms with E-state index >= 15 is 0 Å². The average molecular weight is 472 g/mol. The lowest BCUT2D eigenvalue weighted by Crippen LogP contribution is -2.11. The molecular weight excluding hydrogens is 445 g/mol. The lowest BCUT2D eigenvalue weighted by atomic mass is 10.0. The summed E-state index contributed by atoms with van der Waals surface area (Å²) >= 11 is 0. The van der Waals surface area contributed by atoms with Crippen LogP contribution in [0.5, 0.6) is 5.75 Å². The molecular formula is C28H26FN3O3. The van der Waals surface area contributed by atoms with E-state index in [9.17, 15) is 9.18 Å². The van der Waals surface area contributed by atoms with Crippen molar-refractivity contribution in [3.8, 4) is 16.9 Å². The summed E-state index contributed by atoms with van der Waals surface area (Å²) in [7, 11) is 1.88. The topological polar surface area (TPSA) is 66.2 Å². The van der Waals surface area contributed by atoms with E-state index in [-0.39, 0.29) is 30.2 Å². The molecule has 4 aromatic rings. The molecule has 0 bridgehead atoms. The lowest BCUT2D eigenvalue weighted by Gasteiger charge is -2.13. The van der Waals surface area contributed by atoms with Gasteiger partial charge in [0.1, 0.15) is 23.7 Å². The van der Waals surface area contributed by atoms with Gasteiger partial charge >= 0.3 is 5.97 Å². The van der Waals surface area contributed by atoms with Crippen molar-refractivity contribution in [3.05, 3.63) is 76.9 Å². The highest BCUT2D eigenvalue weighted by Crippen LogP contribution is 2.62. The van der Waals surface area contributed by atoms with Gasteiger partial charge in [0.05, 0.1) is 24.2 Å². The van der Waals surface area contributed by atoms with Crippen LogP contribution in [0.25, 0.3) is 22.2 Å². The van der Waals surface area contributed by atoms with Gasteiger partial charge in [-0.25, -0.2) is 9.37 Å². The number of benzene rings is 2. The maximum absolute atomic E-state index is 14.7. The minimum Gasteiger partial charge on any atom is -0.489 e. The van der Waals surface area contributed by atoms with E-state index in [0.29, 0.717) is 23.8 Å². The van der Waals surface area contributed by atoms with Crippen LogP contribution in [-0.2, 0) is 29.6 Å². The smallest absolute Gasteiger partial charge is 0.309 e. The molecule has 2 aromatic heterocycles. The summed E-state index contributed by atoms with van der Waals surface area (Å²) in [5.41, 5.74) is 7.35. The number of carbonyl (C=O) groups excluding carboxylic acids is 1. The molecule has 0 saturated heterocycles. The van der Waals surface area contributed by atoms with Crippen molar-refractivity contribution >= 4 is 17.0 Å². The number of aromatic nitrogens is 3. The van der Waals surface area contributed by atoms with E-state index in [1.807, 2.05) is 51.2 Å². The number of ether oxygens (including phenoxy) is 2. The fraction of sp³-hybridized carbons (Fsp3) is 0.321. The molecule has 0 amide bonds. The maximum Gasteiger partial charge on any atom is 0.309 e. The second-order valence-corrected chi connectivity index (χ2v) is 9.44. The minimum atomic E-state index is -0.305. The quantitative estimate of drug-likeness (QED) is 0.366. The Hall–Kier alpha value is -3.74. The van der Waals surface area contributed by atoms with E-state index in [0.717, 1.165) is 34.3 Å². The van der Waals surface area contributed by atoms with Gasteiger partial charge < -0.3 is 9.47 Å². The lowest BCUT2D eigenvalue weighted by molar-refractivity contribution is -0.145. The predicted octanol–water partition coefficient (Wildman–Crippen LogP) is 5.11. The highest BCUT2D eigenvalue weighted by molar-refractivity contribution is 5.92. The average Bonchev–Trinajstić information content (AvgIpc) is 3.23. The molecule has 0 radical (unpaired) electrons. The van der Waals surface area contributed by atoms with Crippen molar-refractivity contribution in [1.29, 1.82) is 0 Å². The van der Waals surface area contributed by atoms with Crippen molar-refractivity contribution in [2.45, 2.75) is 32.8 Å². The van der Waals surface area contributed by atoms with Crippen LogP contribution >= 0.6 is 0 Å². The van der Waals surface area contributed by atoms with Gasteiger partial charge in [-0.1, -0.05) is 12.1 Å². The van der Waals surface area contributed by atoms with Crippen molar-refractivity contribution in [2.75, 3.05) is 6.61 Å². The molecule has 0 N–H and O–H groups in total. The number of fused-ring (bicyclic) bond motifs is 4. The zero-order chi connectivity index (χ0) is 24.3. The number of carbonyl (C=O) groups is 1. The maximum atomic E-state index is 14.7. The predicted molar refractivity (Wildman–Crippen MR) is 129 cm³/mol. The van der Waals surface area contributed by atoms with E-state index in [1.54, 1.807) is 16.9 Å². The van der Waals surface area contributed by atoms with Crippen molar-refractivity contribution in [2.24, 2.45) is 18.9 Å². The van der Waals surface area contributed by atoms with Gasteiger partial charge in [0.25, 0.3) is 0 Å². The summed E-state index contributed by atoms with van der Waals surface area (Å²) in [5, 5.41) is 4.33. The standard InChI is InChI=1S/C28H26FN3O3/c1-4-34-28(33)26-22-12-17-11-19(6-7-20(17)25(22)26)35-14-18-10-16(5-8-23(18)29)21-9-15(2)31-24-13-30-32(3)27(21)24/h5-11,13,22,25-26H,4,12,14H2,1-3H3/t22-,25+,26+/m1/s1. The number of halogens is 1. The SMILES string of the molecule is CCOC(=O)[C@H]1[C@@H]2Cc3cc(OCc4cc(-c5cc(C)nc6cnn(C)c56)ccc4F)ccc3[C@@H]21. The molecule has 3 atom stereocenters. The third-order valence-electron chi connectivity index (χ3n) is 7.23. The Bertz CT molecular complexity index is 1480. The summed E-state index contributed by atoms with van der Waals surface area (Å²) < 4.78 is 27.7. The molecule has 2 aliphatic carbocycles. The molecule has 1 fully saturated rings. The van der Waals surface area contributed by atoms with Crippen molar-refractivity contribution < 1.29 is 18.7 Å². The van der Waals surface area contributed by atoms with Gasteiger partial charge in [0.2, 0.25) is 0 Å².